The van der Waals surface area contributed by atoms with Crippen LogP contribution in [0.3, 0.4) is 0 Å². The van der Waals surface area contributed by atoms with Gasteiger partial charge >= 0.3 is 0 Å². The largest absolute Gasteiger partial charge is 0.309 e. The van der Waals surface area contributed by atoms with Crippen LogP contribution in [0.15, 0.2) is 212 Å². The molecule has 0 aliphatic heterocycles. The summed E-state index contributed by atoms with van der Waals surface area (Å²) in [6.45, 7) is 4.72. The number of hydrogen-bond donors (Lipinski definition) is 0. The molecule has 0 fully saturated rings. The predicted molar refractivity (Wildman–Crippen MR) is 268 cm³/mol. The van der Waals surface area contributed by atoms with Crippen LogP contribution in [0.5, 0.6) is 0 Å². The molecule has 0 unspecified atom stereocenters. The van der Waals surface area contributed by atoms with Gasteiger partial charge in [-0.2, -0.15) is 0 Å². The lowest BCUT2D eigenvalue weighted by Gasteiger charge is -2.21. The molecule has 3 aromatic heterocycles. The van der Waals surface area contributed by atoms with Crippen LogP contribution in [-0.4, -0.2) is 24.1 Å². The lowest BCUT2D eigenvalue weighted by molar-refractivity contribution is 0.661. The van der Waals surface area contributed by atoms with Crippen molar-refractivity contribution in [2.45, 2.75) is 19.3 Å². The number of hydrogen-bond acceptors (Lipinski definition) is 3. The Labute approximate surface area is 376 Å². The van der Waals surface area contributed by atoms with Crippen molar-refractivity contribution in [1.82, 2.24) is 24.1 Å². The van der Waals surface area contributed by atoms with Crippen molar-refractivity contribution in [1.29, 1.82) is 0 Å². The first-order valence-electron chi connectivity index (χ1n) is 22.3. The van der Waals surface area contributed by atoms with Crippen LogP contribution < -0.4 is 0 Å². The van der Waals surface area contributed by atoms with Gasteiger partial charge < -0.3 is 9.13 Å². The second kappa shape index (κ2) is 14.3. The molecule has 1 aliphatic carbocycles. The fraction of sp³-hybridized carbons (Fsp3) is 0.0500. The highest BCUT2D eigenvalue weighted by Crippen LogP contribution is 2.51. The number of benzene rings is 9. The Morgan fingerprint density at radius 3 is 1.48 bits per heavy atom. The molecule has 0 bridgehead atoms. The maximum Gasteiger partial charge on any atom is 0.164 e. The molecule has 0 N–H and O–H groups in total. The van der Waals surface area contributed by atoms with E-state index in [1.165, 1.54) is 71.5 Å². The van der Waals surface area contributed by atoms with Crippen molar-refractivity contribution in [2.24, 2.45) is 0 Å². The summed E-state index contributed by atoms with van der Waals surface area (Å²) < 4.78 is 4.83. The summed E-state index contributed by atoms with van der Waals surface area (Å²) in [6, 6.07) is 76.2. The molecule has 0 radical (unpaired) electrons. The second-order valence-electron chi connectivity index (χ2n) is 17.7. The van der Waals surface area contributed by atoms with E-state index in [9.17, 15) is 0 Å². The molecule has 5 nitrogen and oxygen atoms in total. The quantitative estimate of drug-likeness (QED) is 0.168. The molecule has 0 spiro atoms. The van der Waals surface area contributed by atoms with E-state index >= 15 is 0 Å². The van der Waals surface area contributed by atoms with Gasteiger partial charge in [0.1, 0.15) is 0 Å². The van der Waals surface area contributed by atoms with Crippen LogP contribution in [0.4, 0.5) is 0 Å². The standard InChI is InChI=1S/C60H41N5/c1-60(2)51-24-14-12-22-45(51)48-36-50-49-34-41(42-28-32-47-46-23-13-15-25-53(46)64(55(47)35-42)43-20-10-5-11-21-43)29-33-54(49)65(56(50)37-52(48)60)44-30-26-40(27-31-44)59-62-57(38-16-6-3-7-17-38)61-58(63-59)39-18-8-4-9-19-39/h3-37H,1-2H3. The summed E-state index contributed by atoms with van der Waals surface area (Å²) >= 11 is 0. The second-order valence-corrected chi connectivity index (χ2v) is 17.7. The van der Waals surface area contributed by atoms with Crippen LogP contribution in [0.2, 0.25) is 0 Å². The zero-order valence-electron chi connectivity index (χ0n) is 35.9. The van der Waals surface area contributed by atoms with Gasteiger partial charge in [-0.3, -0.25) is 0 Å². The van der Waals surface area contributed by atoms with E-state index in [0.29, 0.717) is 17.5 Å². The van der Waals surface area contributed by atoms with Crippen LogP contribution >= 0.6 is 0 Å². The molecule has 0 atom stereocenters. The Morgan fingerprint density at radius 1 is 0.308 bits per heavy atom. The molecule has 0 amide bonds. The summed E-state index contributed by atoms with van der Waals surface area (Å²) in [7, 11) is 0. The smallest absolute Gasteiger partial charge is 0.164 e. The Morgan fingerprint density at radius 2 is 0.785 bits per heavy atom. The Bertz CT molecular complexity index is 3770. The van der Waals surface area contributed by atoms with Crippen molar-refractivity contribution in [3.05, 3.63) is 223 Å². The number of aromatic nitrogens is 5. The van der Waals surface area contributed by atoms with Gasteiger partial charge in [-0.25, -0.2) is 15.0 Å². The van der Waals surface area contributed by atoms with Crippen LogP contribution in [0, 0.1) is 0 Å². The van der Waals surface area contributed by atoms with Crippen LogP contribution in [0.1, 0.15) is 25.0 Å². The van der Waals surface area contributed by atoms with Crippen molar-refractivity contribution in [3.8, 4) is 67.8 Å². The lowest BCUT2D eigenvalue weighted by atomic mass is 9.82. The zero-order chi connectivity index (χ0) is 43.2. The van der Waals surface area contributed by atoms with Crippen LogP contribution in [-0.2, 0) is 5.41 Å². The summed E-state index contributed by atoms with van der Waals surface area (Å²) in [5, 5.41) is 4.95. The van der Waals surface area contributed by atoms with Crippen molar-refractivity contribution < 1.29 is 0 Å². The predicted octanol–water partition coefficient (Wildman–Crippen LogP) is 15.0. The van der Waals surface area contributed by atoms with E-state index in [0.717, 1.165) is 33.6 Å². The summed E-state index contributed by atoms with van der Waals surface area (Å²) in [5.41, 5.74) is 17.3. The third kappa shape index (κ3) is 5.82. The molecule has 5 heteroatoms. The Kier molecular flexibility index (Phi) is 8.18. The van der Waals surface area contributed by atoms with Crippen LogP contribution in [0.25, 0.3) is 111 Å². The van der Waals surface area contributed by atoms with E-state index in [-0.39, 0.29) is 5.41 Å². The topological polar surface area (TPSA) is 48.5 Å². The molecule has 0 saturated carbocycles. The van der Waals surface area contributed by atoms with Gasteiger partial charge in [-0.1, -0.05) is 153 Å². The fourth-order valence-electron chi connectivity index (χ4n) is 10.4. The van der Waals surface area contributed by atoms with Gasteiger partial charge in [-0.15, -0.1) is 0 Å². The minimum absolute atomic E-state index is 0.144. The van der Waals surface area contributed by atoms with E-state index < -0.39 is 0 Å². The molecule has 65 heavy (non-hydrogen) atoms. The lowest BCUT2D eigenvalue weighted by Crippen LogP contribution is -2.14. The third-order valence-corrected chi connectivity index (χ3v) is 13.6. The highest BCUT2D eigenvalue weighted by atomic mass is 15.0. The molecular weight excluding hydrogens is 791 g/mol. The molecule has 306 valence electrons. The number of fused-ring (bicyclic) bond motifs is 9. The zero-order valence-corrected chi connectivity index (χ0v) is 35.9. The van der Waals surface area contributed by atoms with Gasteiger partial charge in [0.25, 0.3) is 0 Å². The molecule has 13 rings (SSSR count). The summed E-state index contributed by atoms with van der Waals surface area (Å²) in [4.78, 5) is 15.0. The minimum atomic E-state index is -0.144. The maximum atomic E-state index is 5.03. The molecular formula is C60H41N5. The molecule has 9 aromatic carbocycles. The summed E-state index contributed by atoms with van der Waals surface area (Å²) in [6.07, 6.45) is 0. The monoisotopic (exact) mass is 831 g/mol. The Balaban J connectivity index is 0.993. The van der Waals surface area contributed by atoms with Crippen molar-refractivity contribution in [3.63, 3.8) is 0 Å². The first-order chi connectivity index (χ1) is 32.0. The van der Waals surface area contributed by atoms with E-state index in [4.69, 9.17) is 15.0 Å². The van der Waals surface area contributed by atoms with Gasteiger partial charge in [0.15, 0.2) is 17.5 Å². The first-order valence-corrected chi connectivity index (χ1v) is 22.3. The Hall–Kier alpha value is -8.41. The maximum absolute atomic E-state index is 5.03. The number of para-hydroxylation sites is 2. The molecule has 0 saturated heterocycles. The summed E-state index contributed by atoms with van der Waals surface area (Å²) in [5.74, 6) is 1.93. The van der Waals surface area contributed by atoms with Gasteiger partial charge in [0, 0.05) is 55.0 Å². The fourth-order valence-corrected chi connectivity index (χ4v) is 10.4. The number of rotatable bonds is 6. The van der Waals surface area contributed by atoms with E-state index in [1.54, 1.807) is 0 Å². The highest BCUT2D eigenvalue weighted by molar-refractivity contribution is 6.14. The molecule has 1 aliphatic rings. The first kappa shape index (κ1) is 37.2. The minimum Gasteiger partial charge on any atom is -0.309 e. The van der Waals surface area contributed by atoms with Gasteiger partial charge in [0.05, 0.1) is 22.1 Å². The number of nitrogens with zero attached hydrogens (tertiary/aromatic N) is 5. The van der Waals surface area contributed by atoms with E-state index in [1.807, 2.05) is 60.7 Å². The van der Waals surface area contributed by atoms with Gasteiger partial charge in [0.2, 0.25) is 0 Å². The van der Waals surface area contributed by atoms with E-state index in [2.05, 4.69) is 175 Å². The normalized spacial score (nSPS) is 12.9. The average molecular weight is 832 g/mol. The highest BCUT2D eigenvalue weighted by Gasteiger charge is 2.36. The van der Waals surface area contributed by atoms with Crippen molar-refractivity contribution >= 4 is 43.6 Å². The van der Waals surface area contributed by atoms with Gasteiger partial charge in [-0.05, 0) is 106 Å². The average Bonchev–Trinajstić information content (AvgIpc) is 3.96. The molecule has 3 heterocycles. The SMILES string of the molecule is CC1(C)c2ccccc2-c2cc3c4cc(-c5ccc6c7ccccc7n(-c7ccccc7)c6c5)ccc4n(-c4ccc(-c5nc(-c6ccccc6)nc(-c6ccccc6)n5)cc4)c3cc21. The third-order valence-electron chi connectivity index (χ3n) is 13.6. The molecule has 12 aromatic rings. The van der Waals surface area contributed by atoms with Crippen molar-refractivity contribution in [2.75, 3.05) is 0 Å².